The van der Waals surface area contributed by atoms with E-state index in [9.17, 15) is 14.4 Å². The molecule has 3 aliphatic heterocycles. The van der Waals surface area contributed by atoms with Gasteiger partial charge in [-0.25, -0.2) is 0 Å². The zero-order valence-corrected chi connectivity index (χ0v) is 26.5. The average Bonchev–Trinajstić information content (AvgIpc) is 3.05. The second-order valence-electron chi connectivity index (χ2n) is 12.7. The first kappa shape index (κ1) is 32.7. The molecule has 2 fully saturated rings. The number of nitrogens with one attached hydrogen (secondary N) is 3. The van der Waals surface area contributed by atoms with Gasteiger partial charge >= 0.3 is 0 Å². The Morgan fingerprint density at radius 2 is 1.82 bits per heavy atom. The van der Waals surface area contributed by atoms with Crippen molar-refractivity contribution in [2.45, 2.75) is 70.4 Å². The maximum absolute atomic E-state index is 13.8. The number of nitrogens with zero attached hydrogens (tertiary/aromatic N) is 1. The van der Waals surface area contributed by atoms with Gasteiger partial charge in [-0.2, -0.15) is 0 Å². The van der Waals surface area contributed by atoms with Gasteiger partial charge in [0.25, 0.3) is 0 Å². The van der Waals surface area contributed by atoms with Gasteiger partial charge < -0.3 is 25.4 Å². The minimum absolute atomic E-state index is 0.0478. The molecular weight excluding hydrogens is 568 g/mol. The number of hydrogen-bond acceptors (Lipinski definition) is 6. The monoisotopic (exact) mass is 616 g/mol. The molecule has 3 N–H and O–H groups in total. The summed E-state index contributed by atoms with van der Waals surface area (Å²) in [6.45, 7) is 5.57. The minimum atomic E-state index is -0.670. The minimum Gasteiger partial charge on any atom is -0.494 e. The van der Waals surface area contributed by atoms with E-state index in [4.69, 9.17) is 9.47 Å². The molecule has 3 heterocycles. The number of carbonyl (C=O) groups excluding carboxylic acids is 3. The van der Waals surface area contributed by atoms with E-state index >= 15 is 0 Å². The molecule has 1 spiro atoms. The third kappa shape index (κ3) is 9.17. The number of ether oxygens (including phenoxy) is 2. The normalized spacial score (nSPS) is 24.7. The van der Waals surface area contributed by atoms with Gasteiger partial charge in [-0.15, -0.1) is 0 Å². The number of rotatable bonds is 9. The van der Waals surface area contributed by atoms with Crippen LogP contribution < -0.4 is 20.7 Å². The smallest absolute Gasteiger partial charge is 0.243 e. The Kier molecular flexibility index (Phi) is 11.7. The van der Waals surface area contributed by atoms with Crippen LogP contribution in [-0.2, 0) is 25.5 Å². The van der Waals surface area contributed by atoms with Crippen molar-refractivity contribution in [3.05, 3.63) is 72.3 Å². The van der Waals surface area contributed by atoms with Crippen LogP contribution in [0.25, 0.3) is 0 Å². The van der Waals surface area contributed by atoms with Crippen molar-refractivity contribution in [3.63, 3.8) is 0 Å². The molecule has 45 heavy (non-hydrogen) atoms. The molecule has 2 saturated heterocycles. The van der Waals surface area contributed by atoms with Crippen LogP contribution in [0.5, 0.6) is 5.75 Å². The first-order valence-corrected chi connectivity index (χ1v) is 16.6. The van der Waals surface area contributed by atoms with Gasteiger partial charge in [-0.05, 0) is 74.3 Å². The maximum atomic E-state index is 13.8. The lowest BCUT2D eigenvalue weighted by atomic mass is 9.75. The van der Waals surface area contributed by atoms with Crippen LogP contribution in [0.2, 0.25) is 0 Å². The molecule has 9 nitrogen and oxygen atoms in total. The summed E-state index contributed by atoms with van der Waals surface area (Å²) < 4.78 is 11.3. The molecular formula is C36H48N4O5. The summed E-state index contributed by atoms with van der Waals surface area (Å²) in [5.41, 5.74) is 1.16. The van der Waals surface area contributed by atoms with Crippen molar-refractivity contribution in [1.29, 1.82) is 0 Å². The van der Waals surface area contributed by atoms with E-state index < -0.39 is 11.5 Å². The van der Waals surface area contributed by atoms with Crippen LogP contribution in [0.15, 0.2) is 66.7 Å². The Morgan fingerprint density at radius 3 is 2.58 bits per heavy atom. The largest absolute Gasteiger partial charge is 0.494 e. The first-order chi connectivity index (χ1) is 21.9. The van der Waals surface area contributed by atoms with Gasteiger partial charge in [0.05, 0.1) is 18.6 Å². The molecule has 0 radical (unpaired) electrons. The molecule has 0 aromatic heterocycles. The van der Waals surface area contributed by atoms with Gasteiger partial charge in [0.1, 0.15) is 11.8 Å². The third-order valence-corrected chi connectivity index (χ3v) is 9.37. The van der Waals surface area contributed by atoms with E-state index in [-0.39, 0.29) is 36.2 Å². The zero-order chi connectivity index (χ0) is 31.5. The van der Waals surface area contributed by atoms with Crippen molar-refractivity contribution in [3.8, 4) is 5.75 Å². The van der Waals surface area contributed by atoms with Crippen molar-refractivity contribution < 1.29 is 23.9 Å². The predicted molar refractivity (Wildman–Crippen MR) is 175 cm³/mol. The number of hydrogen-bond donors (Lipinski definition) is 3. The maximum Gasteiger partial charge on any atom is 0.243 e. The summed E-state index contributed by atoms with van der Waals surface area (Å²) in [6, 6.07) is 16.6. The number of unbranched alkanes of at least 4 members (excludes halogenated alkanes) is 1. The molecule has 0 unspecified atom stereocenters. The molecule has 0 saturated carbocycles. The van der Waals surface area contributed by atoms with Crippen LogP contribution in [0.3, 0.4) is 0 Å². The second-order valence-corrected chi connectivity index (χ2v) is 12.7. The third-order valence-electron chi connectivity index (χ3n) is 9.37. The van der Waals surface area contributed by atoms with Crippen molar-refractivity contribution in [2.24, 2.45) is 11.3 Å². The predicted octanol–water partition coefficient (Wildman–Crippen LogP) is 4.49. The number of benzene rings is 2. The number of carbonyl (C=O) groups is 3. The Labute approximate surface area is 267 Å². The van der Waals surface area contributed by atoms with Crippen molar-refractivity contribution in [2.75, 3.05) is 44.8 Å². The summed E-state index contributed by atoms with van der Waals surface area (Å²) in [4.78, 5) is 42.7. The lowest BCUT2D eigenvalue weighted by molar-refractivity contribution is -0.140. The number of likely N-dealkylation sites (tertiary alicyclic amines) is 1. The van der Waals surface area contributed by atoms with Gasteiger partial charge in [0, 0.05) is 44.5 Å². The molecule has 3 aliphatic rings. The Balaban J connectivity index is 1.25. The van der Waals surface area contributed by atoms with E-state index in [1.807, 2.05) is 54.6 Å². The lowest BCUT2D eigenvalue weighted by Crippen LogP contribution is -2.58. The van der Waals surface area contributed by atoms with E-state index in [2.05, 4.69) is 39.9 Å². The molecule has 5 rings (SSSR count). The number of amides is 3. The Hall–Kier alpha value is -3.69. The summed E-state index contributed by atoms with van der Waals surface area (Å²) in [5, 5.41) is 9.47. The fraction of sp³-hybridized carbons (Fsp3) is 0.528. The first-order valence-electron chi connectivity index (χ1n) is 16.6. The van der Waals surface area contributed by atoms with Gasteiger partial charge in [0.15, 0.2) is 0 Å². The van der Waals surface area contributed by atoms with Crippen molar-refractivity contribution in [1.82, 2.24) is 15.5 Å². The van der Waals surface area contributed by atoms with Crippen LogP contribution in [0.4, 0.5) is 5.69 Å². The van der Waals surface area contributed by atoms with Gasteiger partial charge in [-0.3, -0.25) is 19.3 Å². The number of piperidine rings is 1. The summed E-state index contributed by atoms with van der Waals surface area (Å²) in [5.74, 6) is 0.664. The fourth-order valence-corrected chi connectivity index (χ4v) is 6.57. The van der Waals surface area contributed by atoms with E-state index in [1.54, 1.807) is 0 Å². The van der Waals surface area contributed by atoms with E-state index in [1.165, 1.54) is 0 Å². The molecule has 3 amide bonds. The average molecular weight is 617 g/mol. The van der Waals surface area contributed by atoms with Crippen LogP contribution in [0, 0.1) is 11.3 Å². The Morgan fingerprint density at radius 1 is 1.04 bits per heavy atom. The van der Waals surface area contributed by atoms with Crippen molar-refractivity contribution >= 4 is 23.4 Å². The fourth-order valence-electron chi connectivity index (χ4n) is 6.57. The van der Waals surface area contributed by atoms with E-state index in [0.29, 0.717) is 58.6 Å². The highest BCUT2D eigenvalue weighted by atomic mass is 16.5. The van der Waals surface area contributed by atoms with Crippen LogP contribution in [0.1, 0.15) is 57.4 Å². The quantitative estimate of drug-likeness (QED) is 0.283. The number of anilines is 1. The summed E-state index contributed by atoms with van der Waals surface area (Å²) in [7, 11) is 0. The number of allylic oxidation sites excluding steroid dienone is 2. The second kappa shape index (κ2) is 16.0. The molecule has 9 heteroatoms. The van der Waals surface area contributed by atoms with Gasteiger partial charge in [0.2, 0.25) is 17.7 Å². The molecule has 0 aliphatic carbocycles. The highest BCUT2D eigenvalue weighted by molar-refractivity contribution is 5.92. The topological polar surface area (TPSA) is 109 Å². The SMILES string of the molecule is CCCCOc1ccc(NC(=O)CN2CC[C@@H]3NC(=O)[C@H](Cc4ccccc4)NC(=O)C4(C/C=C/C[C@H]3C2)CCOCC4)cc1. The van der Waals surface area contributed by atoms with Crippen LogP contribution >= 0.6 is 0 Å². The zero-order valence-electron chi connectivity index (χ0n) is 26.5. The number of fused-ring (bicyclic) bond motifs is 1. The molecule has 2 aromatic rings. The summed E-state index contributed by atoms with van der Waals surface area (Å²) >= 11 is 0. The van der Waals surface area contributed by atoms with Crippen LogP contribution in [-0.4, -0.2) is 74.2 Å². The van der Waals surface area contributed by atoms with Gasteiger partial charge in [-0.1, -0.05) is 55.8 Å². The highest BCUT2D eigenvalue weighted by Gasteiger charge is 2.41. The standard InChI is InChI=1S/C36H48N4O5/c1-2-3-21-45-30-14-12-29(13-15-30)37-33(41)26-40-20-16-31-28(25-40)11-7-8-17-36(18-22-44-23-19-36)35(43)39-32(34(42)38-31)24-27-9-5-4-6-10-27/h4-10,12-15,28,31-32H,2-3,11,16-26H2,1H3,(H,37,41)(H,38,42)(H,39,43)/b8-7+/t28-,31-,32-/m0/s1. The highest BCUT2D eigenvalue weighted by Crippen LogP contribution is 2.36. The molecule has 0 bridgehead atoms. The molecule has 242 valence electrons. The Bertz CT molecular complexity index is 1290. The molecule has 3 atom stereocenters. The molecule has 2 aromatic carbocycles. The van der Waals surface area contributed by atoms with E-state index in [0.717, 1.165) is 42.7 Å². The summed E-state index contributed by atoms with van der Waals surface area (Å²) in [6.07, 6.45) is 10.2. The lowest BCUT2D eigenvalue weighted by Gasteiger charge is -2.40.